The molecule has 138 valence electrons. The molecule has 0 aliphatic carbocycles. The lowest BCUT2D eigenvalue weighted by Crippen LogP contribution is -2.47. The molecular formula is C19H24N4O2S. The first-order chi connectivity index (χ1) is 12.5. The van der Waals surface area contributed by atoms with Crippen LogP contribution in [0, 0.1) is 6.92 Å². The van der Waals surface area contributed by atoms with E-state index in [1.807, 2.05) is 24.0 Å². The van der Waals surface area contributed by atoms with Crippen molar-refractivity contribution in [2.24, 2.45) is 0 Å². The molecule has 3 rings (SSSR count). The van der Waals surface area contributed by atoms with E-state index in [1.54, 1.807) is 35.6 Å². The van der Waals surface area contributed by atoms with Crippen LogP contribution in [0.15, 0.2) is 36.4 Å². The normalized spacial score (nSPS) is 14.9. The van der Waals surface area contributed by atoms with Gasteiger partial charge in [-0.05, 0) is 44.3 Å². The van der Waals surface area contributed by atoms with Crippen LogP contribution in [0.1, 0.15) is 20.1 Å². The van der Waals surface area contributed by atoms with Crippen LogP contribution >= 0.6 is 11.3 Å². The van der Waals surface area contributed by atoms with Crippen molar-refractivity contribution in [2.75, 3.05) is 38.5 Å². The molecule has 6 nitrogen and oxygen atoms in total. The monoisotopic (exact) mass is 372 g/mol. The number of hydrogen-bond donors (Lipinski definition) is 2. The molecule has 0 atom stereocenters. The van der Waals surface area contributed by atoms with Crippen molar-refractivity contribution in [3.05, 3.63) is 51.7 Å². The van der Waals surface area contributed by atoms with Crippen molar-refractivity contribution in [3.8, 4) is 0 Å². The standard InChI is InChI=1S/C19H24N4O2S/c1-14-6-7-17(26-14)13-20-19(25)21-16-5-3-4-15(12-16)18(24)23-10-8-22(2)9-11-23/h3-7,12H,8-11,13H2,1-2H3,(H2,20,21,25). The van der Waals surface area contributed by atoms with Crippen LogP contribution in [0.3, 0.4) is 0 Å². The first kappa shape index (κ1) is 18.4. The summed E-state index contributed by atoms with van der Waals surface area (Å²) in [5.74, 6) is 0.0104. The van der Waals surface area contributed by atoms with Gasteiger partial charge in [0.1, 0.15) is 0 Å². The molecule has 1 saturated heterocycles. The van der Waals surface area contributed by atoms with Gasteiger partial charge in [-0.2, -0.15) is 0 Å². The average Bonchev–Trinajstić information content (AvgIpc) is 3.06. The van der Waals surface area contributed by atoms with Crippen LogP contribution in [-0.4, -0.2) is 55.0 Å². The zero-order valence-electron chi connectivity index (χ0n) is 15.1. The van der Waals surface area contributed by atoms with E-state index in [9.17, 15) is 9.59 Å². The van der Waals surface area contributed by atoms with Crippen LogP contribution in [-0.2, 0) is 6.54 Å². The molecule has 1 aromatic carbocycles. The number of nitrogens with zero attached hydrogens (tertiary/aromatic N) is 2. The molecule has 0 saturated carbocycles. The Kier molecular flexibility index (Phi) is 5.90. The lowest BCUT2D eigenvalue weighted by Gasteiger charge is -2.32. The van der Waals surface area contributed by atoms with Gasteiger partial charge in [-0.25, -0.2) is 4.79 Å². The van der Waals surface area contributed by atoms with Gasteiger partial charge in [0, 0.05) is 47.2 Å². The molecule has 0 radical (unpaired) electrons. The summed E-state index contributed by atoms with van der Waals surface area (Å²) < 4.78 is 0. The molecule has 2 aromatic rings. The van der Waals surface area contributed by atoms with Crippen LogP contribution < -0.4 is 10.6 Å². The van der Waals surface area contributed by atoms with Crippen molar-refractivity contribution >= 4 is 29.0 Å². The number of piperazine rings is 1. The number of anilines is 1. The molecule has 1 aliphatic heterocycles. The average molecular weight is 372 g/mol. The summed E-state index contributed by atoms with van der Waals surface area (Å²) >= 11 is 1.66. The van der Waals surface area contributed by atoms with Crippen LogP contribution in [0.4, 0.5) is 10.5 Å². The van der Waals surface area contributed by atoms with Crippen molar-refractivity contribution in [1.82, 2.24) is 15.1 Å². The Balaban J connectivity index is 1.56. The summed E-state index contributed by atoms with van der Waals surface area (Å²) in [4.78, 5) is 31.1. The zero-order chi connectivity index (χ0) is 18.5. The Hall–Kier alpha value is -2.38. The summed E-state index contributed by atoms with van der Waals surface area (Å²) in [5, 5.41) is 5.64. The predicted octanol–water partition coefficient (Wildman–Crippen LogP) is 2.77. The number of carbonyl (C=O) groups excluding carboxylic acids is 2. The highest BCUT2D eigenvalue weighted by Crippen LogP contribution is 2.16. The van der Waals surface area contributed by atoms with E-state index in [0.29, 0.717) is 17.8 Å². The largest absolute Gasteiger partial charge is 0.336 e. The van der Waals surface area contributed by atoms with Crippen molar-refractivity contribution in [2.45, 2.75) is 13.5 Å². The van der Waals surface area contributed by atoms with Gasteiger partial charge in [0.15, 0.2) is 0 Å². The second-order valence-corrected chi connectivity index (χ2v) is 7.87. The van der Waals surface area contributed by atoms with Gasteiger partial charge < -0.3 is 20.4 Å². The SMILES string of the molecule is Cc1ccc(CNC(=O)Nc2cccc(C(=O)N3CCN(C)CC3)c2)s1. The van der Waals surface area contributed by atoms with Crippen LogP contribution in [0.2, 0.25) is 0 Å². The summed E-state index contributed by atoms with van der Waals surface area (Å²) in [6.07, 6.45) is 0. The fraction of sp³-hybridized carbons (Fsp3) is 0.368. The minimum Gasteiger partial charge on any atom is -0.336 e. The first-order valence-corrected chi connectivity index (χ1v) is 9.51. The second-order valence-electron chi connectivity index (χ2n) is 6.50. The lowest BCUT2D eigenvalue weighted by molar-refractivity contribution is 0.0664. The van der Waals surface area contributed by atoms with Gasteiger partial charge in [0.2, 0.25) is 0 Å². The minimum absolute atomic E-state index is 0.0104. The Labute approximate surface area is 157 Å². The number of urea groups is 1. The predicted molar refractivity (Wildman–Crippen MR) is 105 cm³/mol. The van der Waals surface area contributed by atoms with Gasteiger partial charge >= 0.3 is 6.03 Å². The summed E-state index contributed by atoms with van der Waals surface area (Å²) in [6, 6.07) is 10.9. The number of likely N-dealkylation sites (N-methyl/N-ethyl adjacent to an activating group) is 1. The highest BCUT2D eigenvalue weighted by molar-refractivity contribution is 7.11. The maximum Gasteiger partial charge on any atom is 0.319 e. The molecule has 0 unspecified atom stereocenters. The number of benzene rings is 1. The van der Waals surface area contributed by atoms with Gasteiger partial charge in [0.05, 0.1) is 6.54 Å². The van der Waals surface area contributed by atoms with E-state index in [0.717, 1.165) is 31.1 Å². The fourth-order valence-electron chi connectivity index (χ4n) is 2.84. The summed E-state index contributed by atoms with van der Waals surface area (Å²) in [6.45, 7) is 5.76. The molecule has 1 aliphatic rings. The molecule has 2 N–H and O–H groups in total. The number of carbonyl (C=O) groups is 2. The molecule has 2 heterocycles. The lowest BCUT2D eigenvalue weighted by atomic mass is 10.1. The van der Waals surface area contributed by atoms with Gasteiger partial charge in [-0.15, -0.1) is 11.3 Å². The Bertz CT molecular complexity index is 781. The van der Waals surface area contributed by atoms with Crippen LogP contribution in [0.5, 0.6) is 0 Å². The highest BCUT2D eigenvalue weighted by Gasteiger charge is 2.20. The van der Waals surface area contributed by atoms with Crippen molar-refractivity contribution in [1.29, 1.82) is 0 Å². The molecule has 1 fully saturated rings. The van der Waals surface area contributed by atoms with Gasteiger partial charge in [-0.1, -0.05) is 6.07 Å². The molecule has 0 spiro atoms. The molecular weight excluding hydrogens is 348 g/mol. The van der Waals surface area contributed by atoms with E-state index in [4.69, 9.17) is 0 Å². The molecule has 1 aromatic heterocycles. The quantitative estimate of drug-likeness (QED) is 0.867. The maximum atomic E-state index is 12.6. The zero-order valence-corrected chi connectivity index (χ0v) is 15.9. The molecule has 3 amide bonds. The molecule has 7 heteroatoms. The number of rotatable bonds is 4. The third-order valence-electron chi connectivity index (χ3n) is 4.38. The highest BCUT2D eigenvalue weighted by atomic mass is 32.1. The van der Waals surface area contributed by atoms with Gasteiger partial charge in [-0.3, -0.25) is 4.79 Å². The van der Waals surface area contributed by atoms with E-state index < -0.39 is 0 Å². The third-order valence-corrected chi connectivity index (χ3v) is 5.38. The van der Waals surface area contributed by atoms with E-state index >= 15 is 0 Å². The Morgan fingerprint density at radius 2 is 1.88 bits per heavy atom. The number of hydrogen-bond acceptors (Lipinski definition) is 4. The van der Waals surface area contributed by atoms with E-state index in [-0.39, 0.29) is 11.9 Å². The summed E-state index contributed by atoms with van der Waals surface area (Å²) in [7, 11) is 2.06. The number of nitrogens with one attached hydrogen (secondary N) is 2. The minimum atomic E-state index is -0.278. The van der Waals surface area contributed by atoms with E-state index in [2.05, 4.69) is 22.6 Å². The van der Waals surface area contributed by atoms with Gasteiger partial charge in [0.25, 0.3) is 5.91 Å². The Morgan fingerprint density at radius 1 is 1.12 bits per heavy atom. The number of amides is 3. The maximum absolute atomic E-state index is 12.6. The first-order valence-electron chi connectivity index (χ1n) is 8.69. The smallest absolute Gasteiger partial charge is 0.319 e. The fourth-order valence-corrected chi connectivity index (χ4v) is 3.67. The van der Waals surface area contributed by atoms with E-state index in [1.165, 1.54) is 4.88 Å². The summed E-state index contributed by atoms with van der Waals surface area (Å²) in [5.41, 5.74) is 1.21. The Morgan fingerprint density at radius 3 is 2.58 bits per heavy atom. The molecule has 26 heavy (non-hydrogen) atoms. The molecule has 0 bridgehead atoms. The second kappa shape index (κ2) is 8.33. The van der Waals surface area contributed by atoms with Crippen molar-refractivity contribution < 1.29 is 9.59 Å². The third kappa shape index (κ3) is 4.83. The number of aryl methyl sites for hydroxylation is 1. The number of thiophene rings is 1. The van der Waals surface area contributed by atoms with Crippen LogP contribution in [0.25, 0.3) is 0 Å². The topological polar surface area (TPSA) is 64.7 Å². The van der Waals surface area contributed by atoms with Crippen molar-refractivity contribution in [3.63, 3.8) is 0 Å².